The molecule has 45 heavy (non-hydrogen) atoms. The first-order valence-corrected chi connectivity index (χ1v) is 16.9. The molecular weight excluding hydrogens is 560 g/mol. The van der Waals surface area contributed by atoms with Crippen LogP contribution in [0.5, 0.6) is 5.75 Å². The van der Waals surface area contributed by atoms with Crippen LogP contribution >= 0.6 is 0 Å². The SMILES string of the molecule is CC.CC.CC.CC.COc1cc(C(=O)N(C)C2CCCCC2)ccc1Cc1ccc2c(n1)N(C)c1ccccc1C(=O)N2C. The van der Waals surface area contributed by atoms with Gasteiger partial charge in [0, 0.05) is 50.4 Å². The van der Waals surface area contributed by atoms with Gasteiger partial charge >= 0.3 is 0 Å². The summed E-state index contributed by atoms with van der Waals surface area (Å²) in [6.07, 6.45) is 6.30. The zero-order chi connectivity index (χ0) is 34.1. The third-order valence-electron chi connectivity index (χ3n) is 7.74. The molecule has 1 aromatic heterocycles. The Morgan fingerprint density at radius 3 is 2.09 bits per heavy atom. The second-order valence-corrected chi connectivity index (χ2v) is 10.00. The van der Waals surface area contributed by atoms with Gasteiger partial charge in [-0.2, -0.15) is 0 Å². The molecule has 2 aliphatic rings. The fraction of sp³-hybridized carbons (Fsp3) is 0.500. The molecule has 0 bridgehead atoms. The highest BCUT2D eigenvalue weighted by Gasteiger charge is 2.28. The summed E-state index contributed by atoms with van der Waals surface area (Å²) in [6.45, 7) is 16.0. The number of methoxy groups -OCH3 is 1. The van der Waals surface area contributed by atoms with E-state index in [0.29, 0.717) is 29.3 Å². The molecule has 1 fully saturated rings. The van der Waals surface area contributed by atoms with E-state index >= 15 is 0 Å². The van der Waals surface area contributed by atoms with Crippen molar-refractivity contribution in [3.63, 3.8) is 0 Å². The maximum Gasteiger partial charge on any atom is 0.260 e. The summed E-state index contributed by atoms with van der Waals surface area (Å²) in [6, 6.07) is 17.5. The summed E-state index contributed by atoms with van der Waals surface area (Å²) in [4.78, 5) is 36.7. The molecule has 2 heterocycles. The van der Waals surface area contributed by atoms with E-state index in [2.05, 4.69) is 0 Å². The minimum atomic E-state index is -0.0594. The zero-order valence-electron chi connectivity index (χ0n) is 30.0. The van der Waals surface area contributed by atoms with Gasteiger partial charge in [-0.1, -0.05) is 92.9 Å². The number of amides is 2. The highest BCUT2D eigenvalue weighted by atomic mass is 16.5. The van der Waals surface area contributed by atoms with Crippen LogP contribution in [-0.4, -0.2) is 56.0 Å². The topological polar surface area (TPSA) is 66.0 Å². The number of benzene rings is 2. The van der Waals surface area contributed by atoms with Crippen molar-refractivity contribution in [2.75, 3.05) is 38.1 Å². The summed E-state index contributed by atoms with van der Waals surface area (Å²) < 4.78 is 5.70. The van der Waals surface area contributed by atoms with Crippen LogP contribution in [0.1, 0.15) is 119 Å². The van der Waals surface area contributed by atoms with Gasteiger partial charge in [0.25, 0.3) is 11.8 Å². The third kappa shape index (κ3) is 9.32. The Morgan fingerprint density at radius 2 is 1.47 bits per heavy atom. The number of carbonyl (C=O) groups is 2. The largest absolute Gasteiger partial charge is 0.496 e. The highest BCUT2D eigenvalue weighted by Crippen LogP contribution is 2.38. The number of fused-ring (bicyclic) bond motifs is 2. The lowest BCUT2D eigenvalue weighted by atomic mass is 9.94. The Balaban J connectivity index is 0.00000117. The first kappa shape index (κ1) is 39.2. The second-order valence-electron chi connectivity index (χ2n) is 10.00. The van der Waals surface area contributed by atoms with Gasteiger partial charge in [0.15, 0.2) is 5.82 Å². The van der Waals surface area contributed by atoms with E-state index in [-0.39, 0.29) is 11.8 Å². The average molecular weight is 619 g/mol. The van der Waals surface area contributed by atoms with Gasteiger partial charge in [-0.25, -0.2) is 4.98 Å². The lowest BCUT2D eigenvalue weighted by molar-refractivity contribution is 0.0695. The molecule has 1 aliphatic carbocycles. The van der Waals surface area contributed by atoms with Crippen LogP contribution in [0.25, 0.3) is 0 Å². The van der Waals surface area contributed by atoms with E-state index in [1.165, 1.54) is 19.3 Å². The van der Waals surface area contributed by atoms with E-state index in [1.807, 2.05) is 134 Å². The molecule has 1 saturated carbocycles. The van der Waals surface area contributed by atoms with Gasteiger partial charge < -0.3 is 19.4 Å². The molecule has 0 unspecified atom stereocenters. The highest BCUT2D eigenvalue weighted by molar-refractivity contribution is 6.13. The molecule has 3 aromatic rings. The zero-order valence-corrected chi connectivity index (χ0v) is 30.0. The van der Waals surface area contributed by atoms with Crippen LogP contribution in [0.15, 0.2) is 54.6 Å². The minimum Gasteiger partial charge on any atom is -0.496 e. The van der Waals surface area contributed by atoms with E-state index in [1.54, 1.807) is 19.1 Å². The van der Waals surface area contributed by atoms with Crippen LogP contribution in [0, 0.1) is 0 Å². The monoisotopic (exact) mass is 618 g/mol. The van der Waals surface area contributed by atoms with E-state index < -0.39 is 0 Å². The number of para-hydroxylation sites is 1. The molecule has 0 N–H and O–H groups in total. The number of pyridine rings is 1. The van der Waals surface area contributed by atoms with E-state index in [4.69, 9.17) is 9.72 Å². The predicted molar refractivity (Wildman–Crippen MR) is 192 cm³/mol. The number of hydrogen-bond donors (Lipinski definition) is 0. The third-order valence-corrected chi connectivity index (χ3v) is 7.74. The number of carbonyl (C=O) groups excluding carboxylic acids is 2. The van der Waals surface area contributed by atoms with Crippen molar-refractivity contribution in [2.45, 2.75) is 100.0 Å². The van der Waals surface area contributed by atoms with Crippen LogP contribution in [0.4, 0.5) is 17.2 Å². The van der Waals surface area contributed by atoms with Crippen molar-refractivity contribution >= 4 is 29.0 Å². The Labute approximate surface area is 273 Å². The Kier molecular flexibility index (Phi) is 17.6. The fourth-order valence-corrected chi connectivity index (χ4v) is 5.50. The Hall–Kier alpha value is -3.87. The summed E-state index contributed by atoms with van der Waals surface area (Å²) in [5.74, 6) is 1.37. The Bertz CT molecular complexity index is 1330. The van der Waals surface area contributed by atoms with Gasteiger partial charge in [0.05, 0.1) is 24.0 Å². The molecule has 248 valence electrons. The summed E-state index contributed by atoms with van der Waals surface area (Å²) >= 11 is 0. The van der Waals surface area contributed by atoms with Gasteiger partial charge in [0.1, 0.15) is 5.75 Å². The Morgan fingerprint density at radius 1 is 0.844 bits per heavy atom. The van der Waals surface area contributed by atoms with Crippen LogP contribution in [0.3, 0.4) is 0 Å². The van der Waals surface area contributed by atoms with Crippen LogP contribution in [0.2, 0.25) is 0 Å². The normalized spacial score (nSPS) is 13.4. The molecule has 0 spiro atoms. The first-order chi connectivity index (χ1) is 21.9. The van der Waals surface area contributed by atoms with Gasteiger partial charge in [-0.15, -0.1) is 0 Å². The summed E-state index contributed by atoms with van der Waals surface area (Å²) in [5, 5.41) is 0. The molecule has 0 saturated heterocycles. The lowest BCUT2D eigenvalue weighted by Gasteiger charge is -2.31. The van der Waals surface area contributed by atoms with Crippen molar-refractivity contribution in [3.05, 3.63) is 77.0 Å². The van der Waals surface area contributed by atoms with Gasteiger partial charge in [0.2, 0.25) is 0 Å². The lowest BCUT2D eigenvalue weighted by Crippen LogP contribution is -2.38. The fourth-order valence-electron chi connectivity index (χ4n) is 5.50. The van der Waals surface area contributed by atoms with Gasteiger partial charge in [-0.05, 0) is 49.2 Å². The molecule has 7 nitrogen and oxygen atoms in total. The minimum absolute atomic E-state index is 0.0351. The second kappa shape index (κ2) is 20.2. The molecule has 0 atom stereocenters. The first-order valence-electron chi connectivity index (χ1n) is 16.9. The maximum atomic E-state index is 13.2. The number of anilines is 3. The number of nitrogens with zero attached hydrogens (tertiary/aromatic N) is 4. The number of hydrogen-bond acceptors (Lipinski definition) is 5. The van der Waals surface area contributed by atoms with Crippen molar-refractivity contribution in [1.29, 1.82) is 0 Å². The quantitative estimate of drug-likeness (QED) is 0.285. The molecule has 0 radical (unpaired) electrons. The van der Waals surface area contributed by atoms with E-state index in [0.717, 1.165) is 41.3 Å². The van der Waals surface area contributed by atoms with Crippen molar-refractivity contribution < 1.29 is 14.3 Å². The summed E-state index contributed by atoms with van der Waals surface area (Å²) in [7, 11) is 7.26. The van der Waals surface area contributed by atoms with E-state index in [9.17, 15) is 9.59 Å². The molecular formula is C38H58N4O3. The number of aromatic nitrogens is 1. The predicted octanol–water partition coefficient (Wildman–Crippen LogP) is 9.55. The van der Waals surface area contributed by atoms with Crippen molar-refractivity contribution in [2.24, 2.45) is 0 Å². The molecule has 5 rings (SSSR count). The molecule has 2 amide bonds. The van der Waals surface area contributed by atoms with Gasteiger partial charge in [-0.3, -0.25) is 9.59 Å². The average Bonchev–Trinajstić information content (AvgIpc) is 3.20. The molecule has 2 aromatic carbocycles. The van der Waals surface area contributed by atoms with Crippen LogP contribution < -0.4 is 14.5 Å². The van der Waals surface area contributed by atoms with Crippen molar-refractivity contribution in [3.8, 4) is 5.75 Å². The van der Waals surface area contributed by atoms with Crippen molar-refractivity contribution in [1.82, 2.24) is 9.88 Å². The van der Waals surface area contributed by atoms with Crippen LogP contribution in [-0.2, 0) is 6.42 Å². The summed E-state index contributed by atoms with van der Waals surface area (Å²) in [5.41, 5.74) is 4.67. The standard InChI is InChI=1S/C30H34N4O3.4C2H6/c1-32(23-10-6-5-7-11-23)29(35)21-15-14-20(27(19-21)37-4)18-22-16-17-26-28(31-22)33(2)25-13-9-8-12-24(25)30(36)34(26)3;4*1-2/h8-9,12-17,19,23H,5-7,10-11,18H2,1-4H3;4*1-2H3. The number of ether oxygens (including phenoxy) is 1. The number of rotatable bonds is 5. The smallest absolute Gasteiger partial charge is 0.260 e. The molecule has 1 aliphatic heterocycles. The molecule has 7 heteroatoms. The maximum absolute atomic E-state index is 13.2.